The van der Waals surface area contributed by atoms with Gasteiger partial charge < -0.3 is 14.7 Å². The van der Waals surface area contributed by atoms with Crippen LogP contribution in [0.3, 0.4) is 0 Å². The van der Waals surface area contributed by atoms with Crippen LogP contribution in [0.1, 0.15) is 58.3 Å². The molecule has 2 atom stereocenters. The molecule has 0 aromatic rings. The number of ether oxygens (including phenoxy) is 1. The number of hydrogen-bond donors (Lipinski definition) is 1. The molecule has 23 heavy (non-hydrogen) atoms. The number of carbonyl (C=O) groups excluding carboxylic acids is 1. The van der Waals surface area contributed by atoms with Crippen LogP contribution in [0.2, 0.25) is 0 Å². The van der Waals surface area contributed by atoms with E-state index in [2.05, 4.69) is 6.92 Å². The zero-order chi connectivity index (χ0) is 16.4. The van der Waals surface area contributed by atoms with E-state index in [-0.39, 0.29) is 23.4 Å². The van der Waals surface area contributed by atoms with Crippen molar-refractivity contribution in [1.29, 1.82) is 0 Å². The molecule has 130 valence electrons. The number of likely N-dealkylation sites (tertiary alicyclic amines) is 1. The van der Waals surface area contributed by atoms with Crippen molar-refractivity contribution in [2.45, 2.75) is 64.4 Å². The molecule has 2 saturated heterocycles. The Bertz CT molecular complexity index is 450. The van der Waals surface area contributed by atoms with Crippen LogP contribution in [0.4, 0.5) is 0 Å². The number of rotatable bonds is 4. The Balaban J connectivity index is 1.58. The first-order valence-electron chi connectivity index (χ1n) is 9.21. The van der Waals surface area contributed by atoms with Crippen molar-refractivity contribution in [2.75, 3.05) is 19.7 Å². The molecule has 3 rings (SSSR count). The molecule has 0 spiro atoms. The summed E-state index contributed by atoms with van der Waals surface area (Å²) in [5.74, 6) is -0.470. The summed E-state index contributed by atoms with van der Waals surface area (Å²) in [6.45, 7) is 4.22. The largest absolute Gasteiger partial charge is 0.481 e. The maximum Gasteiger partial charge on any atom is 0.309 e. The molecule has 1 N–H and O–H groups in total. The van der Waals surface area contributed by atoms with Crippen molar-refractivity contribution in [2.24, 2.45) is 17.3 Å². The quantitative estimate of drug-likeness (QED) is 0.864. The number of carboxylic acid groups (broad SMARTS) is 1. The van der Waals surface area contributed by atoms with E-state index in [9.17, 15) is 14.7 Å². The highest BCUT2D eigenvalue weighted by Crippen LogP contribution is 2.43. The lowest BCUT2D eigenvalue weighted by molar-refractivity contribution is -0.148. The minimum atomic E-state index is -0.734. The molecule has 3 aliphatic rings. The summed E-state index contributed by atoms with van der Waals surface area (Å²) in [5, 5.41) is 9.32. The Morgan fingerprint density at radius 1 is 1.17 bits per heavy atom. The Morgan fingerprint density at radius 2 is 1.83 bits per heavy atom. The molecule has 0 bridgehead atoms. The van der Waals surface area contributed by atoms with E-state index in [1.54, 1.807) is 0 Å². The normalized spacial score (nSPS) is 31.4. The lowest BCUT2D eigenvalue weighted by Crippen LogP contribution is -2.48. The van der Waals surface area contributed by atoms with Gasteiger partial charge >= 0.3 is 5.97 Å². The van der Waals surface area contributed by atoms with Gasteiger partial charge in [0.2, 0.25) is 5.91 Å². The third-order valence-corrected chi connectivity index (χ3v) is 6.44. The van der Waals surface area contributed by atoms with E-state index < -0.39 is 5.97 Å². The highest BCUT2D eigenvalue weighted by molar-refractivity contribution is 5.83. The molecule has 1 saturated carbocycles. The Kier molecular flexibility index (Phi) is 4.95. The van der Waals surface area contributed by atoms with E-state index in [0.29, 0.717) is 18.9 Å². The van der Waals surface area contributed by atoms with Gasteiger partial charge in [-0.2, -0.15) is 0 Å². The zero-order valence-corrected chi connectivity index (χ0v) is 14.1. The smallest absolute Gasteiger partial charge is 0.309 e. The number of carboxylic acids is 1. The maximum atomic E-state index is 13.0. The summed E-state index contributed by atoms with van der Waals surface area (Å²) in [7, 11) is 0. The predicted molar refractivity (Wildman–Crippen MR) is 86.0 cm³/mol. The first-order valence-corrected chi connectivity index (χ1v) is 9.21. The SMILES string of the molecule is CCC1(C(=O)N2CCC([C@@H]3OCCC3C(=O)O)CC2)CCCC1. The van der Waals surface area contributed by atoms with Gasteiger partial charge in [0.1, 0.15) is 0 Å². The van der Waals surface area contributed by atoms with E-state index >= 15 is 0 Å². The number of carbonyl (C=O) groups is 2. The summed E-state index contributed by atoms with van der Waals surface area (Å²) < 4.78 is 5.72. The molecule has 0 aromatic carbocycles. The molecule has 0 radical (unpaired) electrons. The van der Waals surface area contributed by atoms with Crippen molar-refractivity contribution in [3.8, 4) is 0 Å². The number of nitrogens with zero attached hydrogens (tertiary/aromatic N) is 1. The van der Waals surface area contributed by atoms with E-state index in [4.69, 9.17) is 4.74 Å². The first kappa shape index (κ1) is 16.7. The van der Waals surface area contributed by atoms with Crippen LogP contribution in [0.15, 0.2) is 0 Å². The summed E-state index contributed by atoms with van der Waals surface area (Å²) in [5.41, 5.74) is -0.111. The average molecular weight is 323 g/mol. The minimum Gasteiger partial charge on any atom is -0.481 e. The topological polar surface area (TPSA) is 66.8 Å². The highest BCUT2D eigenvalue weighted by atomic mass is 16.5. The van der Waals surface area contributed by atoms with Crippen LogP contribution in [0, 0.1) is 17.3 Å². The number of aliphatic carboxylic acids is 1. The summed E-state index contributed by atoms with van der Waals surface area (Å²) in [4.78, 5) is 26.3. The van der Waals surface area contributed by atoms with Gasteiger partial charge in [-0.15, -0.1) is 0 Å². The molecule has 0 aromatic heterocycles. The molecular formula is C18H29NO4. The molecule has 5 heteroatoms. The number of hydrogen-bond acceptors (Lipinski definition) is 3. The molecule has 1 unspecified atom stereocenters. The molecule has 1 amide bonds. The van der Waals surface area contributed by atoms with Gasteiger partial charge in [0.25, 0.3) is 0 Å². The van der Waals surface area contributed by atoms with Crippen molar-refractivity contribution in [3.05, 3.63) is 0 Å². The van der Waals surface area contributed by atoms with Crippen molar-refractivity contribution < 1.29 is 19.4 Å². The fourth-order valence-corrected chi connectivity index (χ4v) is 4.88. The Hall–Kier alpha value is -1.10. The second-order valence-electron chi connectivity index (χ2n) is 7.54. The molecular weight excluding hydrogens is 294 g/mol. The van der Waals surface area contributed by atoms with Crippen molar-refractivity contribution in [1.82, 2.24) is 4.90 Å². The molecule has 1 aliphatic carbocycles. The fourth-order valence-electron chi connectivity index (χ4n) is 4.88. The standard InChI is InChI=1S/C18H29NO4/c1-2-18(8-3-4-9-18)17(22)19-10-5-13(6-11-19)15-14(16(20)21)7-12-23-15/h13-15H,2-12H2,1H3,(H,20,21)/t14?,15-/m0/s1. The van der Waals surface area contributed by atoms with Gasteiger partial charge in [0.05, 0.1) is 12.0 Å². The monoisotopic (exact) mass is 323 g/mol. The number of amides is 1. The van der Waals surface area contributed by atoms with E-state index in [1.807, 2.05) is 4.90 Å². The van der Waals surface area contributed by atoms with Crippen molar-refractivity contribution >= 4 is 11.9 Å². The summed E-state index contributed by atoms with van der Waals surface area (Å²) >= 11 is 0. The fraction of sp³-hybridized carbons (Fsp3) is 0.889. The lowest BCUT2D eigenvalue weighted by Gasteiger charge is -2.39. The Morgan fingerprint density at radius 3 is 2.39 bits per heavy atom. The minimum absolute atomic E-state index is 0.111. The molecule has 3 fully saturated rings. The van der Waals surface area contributed by atoms with Crippen molar-refractivity contribution in [3.63, 3.8) is 0 Å². The second-order valence-corrected chi connectivity index (χ2v) is 7.54. The van der Waals surface area contributed by atoms with Crippen LogP contribution in [0.5, 0.6) is 0 Å². The second kappa shape index (κ2) is 6.80. The van der Waals surface area contributed by atoms with Gasteiger partial charge in [-0.1, -0.05) is 19.8 Å². The lowest BCUT2D eigenvalue weighted by atomic mass is 9.80. The van der Waals surface area contributed by atoms with Gasteiger partial charge in [-0.05, 0) is 44.4 Å². The van der Waals surface area contributed by atoms with Crippen LogP contribution in [-0.2, 0) is 14.3 Å². The van der Waals surface area contributed by atoms with E-state index in [0.717, 1.165) is 45.2 Å². The highest BCUT2D eigenvalue weighted by Gasteiger charge is 2.45. The van der Waals surface area contributed by atoms with Gasteiger partial charge in [0, 0.05) is 25.1 Å². The van der Waals surface area contributed by atoms with Crippen LogP contribution >= 0.6 is 0 Å². The van der Waals surface area contributed by atoms with Crippen LogP contribution in [-0.4, -0.2) is 47.7 Å². The summed E-state index contributed by atoms with van der Waals surface area (Å²) in [6, 6.07) is 0. The predicted octanol–water partition coefficient (Wildman–Crippen LogP) is 2.69. The molecule has 2 heterocycles. The third-order valence-electron chi connectivity index (χ3n) is 6.44. The van der Waals surface area contributed by atoms with E-state index in [1.165, 1.54) is 12.8 Å². The van der Waals surface area contributed by atoms with Crippen LogP contribution < -0.4 is 0 Å². The maximum absolute atomic E-state index is 13.0. The average Bonchev–Trinajstić information content (AvgIpc) is 3.24. The van der Waals surface area contributed by atoms with Gasteiger partial charge in [0.15, 0.2) is 0 Å². The summed E-state index contributed by atoms with van der Waals surface area (Å²) in [6.07, 6.45) is 7.58. The Labute approximate surface area is 138 Å². The molecule has 5 nitrogen and oxygen atoms in total. The molecule has 2 aliphatic heterocycles. The third kappa shape index (κ3) is 3.12. The van der Waals surface area contributed by atoms with Gasteiger partial charge in [-0.25, -0.2) is 0 Å². The number of piperidine rings is 1. The van der Waals surface area contributed by atoms with Gasteiger partial charge in [-0.3, -0.25) is 9.59 Å². The van der Waals surface area contributed by atoms with Crippen LogP contribution in [0.25, 0.3) is 0 Å². The first-order chi connectivity index (χ1) is 11.1. The zero-order valence-electron chi connectivity index (χ0n) is 14.1.